The number of rotatable bonds is 6. The van der Waals surface area contributed by atoms with Crippen molar-refractivity contribution in [2.24, 2.45) is 17.8 Å². The van der Waals surface area contributed by atoms with Crippen LogP contribution in [0.2, 0.25) is 0 Å². The lowest BCUT2D eigenvalue weighted by Crippen LogP contribution is -2.28. The van der Waals surface area contributed by atoms with Gasteiger partial charge < -0.3 is 5.32 Å². The van der Waals surface area contributed by atoms with Gasteiger partial charge in [0.1, 0.15) is 0 Å². The largest absolute Gasteiger partial charge is 0.316 e. The molecule has 0 spiro atoms. The van der Waals surface area contributed by atoms with Crippen LogP contribution in [0.3, 0.4) is 0 Å². The fourth-order valence-corrected chi connectivity index (χ4v) is 3.69. The van der Waals surface area contributed by atoms with Crippen LogP contribution in [0, 0.1) is 17.8 Å². The minimum atomic E-state index is 0.817. The van der Waals surface area contributed by atoms with Crippen molar-refractivity contribution in [1.29, 1.82) is 0 Å². The summed E-state index contributed by atoms with van der Waals surface area (Å²) in [6.07, 6.45) is 9.66. The molecule has 2 aliphatic rings. The summed E-state index contributed by atoms with van der Waals surface area (Å²) >= 11 is 1.98. The molecule has 88 valence electrons. The Kier molecular flexibility index (Phi) is 4.39. The predicted octanol–water partition coefficient (Wildman–Crippen LogP) is 3.15. The molecule has 2 heteroatoms. The maximum absolute atomic E-state index is 3.66. The van der Waals surface area contributed by atoms with E-state index in [4.69, 9.17) is 0 Å². The summed E-state index contributed by atoms with van der Waals surface area (Å²) in [6, 6.07) is 0. The fraction of sp³-hybridized carbons (Fsp3) is 1.00. The van der Waals surface area contributed by atoms with Gasteiger partial charge in [0.25, 0.3) is 0 Å². The zero-order valence-corrected chi connectivity index (χ0v) is 11.0. The Morgan fingerprint density at radius 1 is 1.33 bits per heavy atom. The quantitative estimate of drug-likeness (QED) is 0.700. The second kappa shape index (κ2) is 5.58. The molecule has 0 aliphatic heterocycles. The Morgan fingerprint density at radius 3 is 2.80 bits per heavy atom. The van der Waals surface area contributed by atoms with Gasteiger partial charge in [-0.2, -0.15) is 11.8 Å². The van der Waals surface area contributed by atoms with Gasteiger partial charge in [0.2, 0.25) is 0 Å². The van der Waals surface area contributed by atoms with E-state index in [1.807, 2.05) is 11.8 Å². The summed E-state index contributed by atoms with van der Waals surface area (Å²) in [6.45, 7) is 4.84. The molecule has 2 rings (SSSR count). The predicted molar refractivity (Wildman–Crippen MR) is 69.4 cm³/mol. The molecule has 15 heavy (non-hydrogen) atoms. The second-order valence-corrected chi connectivity index (χ2v) is 6.75. The van der Waals surface area contributed by atoms with Crippen LogP contribution in [-0.2, 0) is 0 Å². The van der Waals surface area contributed by atoms with Crippen molar-refractivity contribution in [2.75, 3.05) is 19.3 Å². The molecule has 0 heterocycles. The van der Waals surface area contributed by atoms with Gasteiger partial charge in [-0.1, -0.05) is 13.3 Å². The first-order valence-corrected chi connectivity index (χ1v) is 7.82. The minimum Gasteiger partial charge on any atom is -0.316 e. The van der Waals surface area contributed by atoms with Gasteiger partial charge in [-0.25, -0.2) is 0 Å². The Hall–Kier alpha value is 0.310. The lowest BCUT2D eigenvalue weighted by atomic mass is 9.89. The Morgan fingerprint density at radius 2 is 2.20 bits per heavy atom. The highest BCUT2D eigenvalue weighted by molar-refractivity contribution is 7.99. The van der Waals surface area contributed by atoms with Crippen LogP contribution in [0.4, 0.5) is 0 Å². The molecule has 0 radical (unpaired) electrons. The smallest absolute Gasteiger partial charge is 0.00280 e. The van der Waals surface area contributed by atoms with E-state index in [2.05, 4.69) is 18.5 Å². The summed E-state index contributed by atoms with van der Waals surface area (Å²) in [5, 5.41) is 4.48. The van der Waals surface area contributed by atoms with Crippen molar-refractivity contribution >= 4 is 11.8 Å². The van der Waals surface area contributed by atoms with E-state index in [-0.39, 0.29) is 0 Å². The van der Waals surface area contributed by atoms with E-state index in [9.17, 15) is 0 Å². The van der Waals surface area contributed by atoms with Crippen LogP contribution < -0.4 is 5.32 Å². The number of hydrogen-bond acceptors (Lipinski definition) is 2. The van der Waals surface area contributed by atoms with Crippen LogP contribution in [0.25, 0.3) is 0 Å². The average Bonchev–Trinajstić information content (AvgIpc) is 2.85. The SMILES string of the molecule is CSC(C)CCNCC1CC2CCC1C2. The first-order valence-electron chi connectivity index (χ1n) is 6.53. The van der Waals surface area contributed by atoms with E-state index in [0.717, 1.165) is 23.0 Å². The molecule has 0 saturated heterocycles. The molecular weight excluding hydrogens is 202 g/mol. The minimum absolute atomic E-state index is 0.817. The molecule has 2 aliphatic carbocycles. The highest BCUT2D eigenvalue weighted by atomic mass is 32.2. The van der Waals surface area contributed by atoms with Gasteiger partial charge in [-0.15, -0.1) is 0 Å². The van der Waals surface area contributed by atoms with E-state index < -0.39 is 0 Å². The van der Waals surface area contributed by atoms with Gasteiger partial charge in [0, 0.05) is 5.25 Å². The second-order valence-electron chi connectivity index (χ2n) is 5.47. The molecule has 4 atom stereocenters. The van der Waals surface area contributed by atoms with Gasteiger partial charge in [-0.3, -0.25) is 0 Å². The lowest BCUT2D eigenvalue weighted by molar-refractivity contribution is 0.319. The molecule has 4 unspecified atom stereocenters. The Balaban J connectivity index is 1.55. The molecule has 1 nitrogen and oxygen atoms in total. The molecule has 2 fully saturated rings. The number of fused-ring (bicyclic) bond motifs is 2. The number of thioether (sulfide) groups is 1. The number of nitrogens with one attached hydrogen (secondary N) is 1. The van der Waals surface area contributed by atoms with Crippen molar-refractivity contribution in [3.8, 4) is 0 Å². The molecule has 0 amide bonds. The Labute approximate surface area is 98.8 Å². The summed E-state index contributed by atoms with van der Waals surface area (Å²) in [7, 11) is 0. The van der Waals surface area contributed by atoms with Crippen molar-refractivity contribution in [2.45, 2.75) is 44.3 Å². The van der Waals surface area contributed by atoms with Gasteiger partial charge in [-0.05, 0) is 62.8 Å². The molecule has 2 bridgehead atoms. The van der Waals surface area contributed by atoms with E-state index >= 15 is 0 Å². The monoisotopic (exact) mass is 227 g/mol. The molecule has 0 aromatic heterocycles. The van der Waals surface area contributed by atoms with E-state index in [1.54, 1.807) is 6.42 Å². The zero-order valence-electron chi connectivity index (χ0n) is 10.2. The van der Waals surface area contributed by atoms with Crippen LogP contribution in [0.1, 0.15) is 39.0 Å². The third-order valence-electron chi connectivity index (χ3n) is 4.42. The van der Waals surface area contributed by atoms with Crippen LogP contribution in [0.5, 0.6) is 0 Å². The van der Waals surface area contributed by atoms with Crippen molar-refractivity contribution in [1.82, 2.24) is 5.32 Å². The first kappa shape index (κ1) is 11.8. The van der Waals surface area contributed by atoms with Gasteiger partial charge in [0.15, 0.2) is 0 Å². The lowest BCUT2D eigenvalue weighted by Gasteiger charge is -2.22. The summed E-state index contributed by atoms with van der Waals surface area (Å²) < 4.78 is 0. The average molecular weight is 227 g/mol. The highest BCUT2D eigenvalue weighted by Crippen LogP contribution is 2.47. The van der Waals surface area contributed by atoms with Gasteiger partial charge >= 0.3 is 0 Å². The molecule has 2 saturated carbocycles. The number of hydrogen-bond donors (Lipinski definition) is 1. The maximum Gasteiger partial charge on any atom is 0.00280 e. The van der Waals surface area contributed by atoms with Crippen LogP contribution >= 0.6 is 11.8 Å². The standard InChI is InChI=1S/C13H25NS/c1-10(15-2)5-6-14-9-13-8-11-3-4-12(13)7-11/h10-14H,3-9H2,1-2H3. The highest BCUT2D eigenvalue weighted by Gasteiger charge is 2.38. The third-order valence-corrected chi connectivity index (χ3v) is 5.46. The summed E-state index contributed by atoms with van der Waals surface area (Å²) in [4.78, 5) is 0. The van der Waals surface area contributed by atoms with Crippen LogP contribution in [-0.4, -0.2) is 24.6 Å². The van der Waals surface area contributed by atoms with Crippen molar-refractivity contribution in [3.05, 3.63) is 0 Å². The molecule has 0 aromatic carbocycles. The van der Waals surface area contributed by atoms with Crippen molar-refractivity contribution in [3.63, 3.8) is 0 Å². The molecule has 0 aromatic rings. The normalized spacial score (nSPS) is 36.0. The zero-order chi connectivity index (χ0) is 10.7. The Bertz CT molecular complexity index is 195. The molecular formula is C13H25NS. The fourth-order valence-electron chi connectivity index (χ4n) is 3.34. The maximum atomic E-state index is 3.66. The van der Waals surface area contributed by atoms with Crippen molar-refractivity contribution < 1.29 is 0 Å². The summed E-state index contributed by atoms with van der Waals surface area (Å²) in [5.74, 6) is 3.21. The van der Waals surface area contributed by atoms with Crippen LogP contribution in [0.15, 0.2) is 0 Å². The first-order chi connectivity index (χ1) is 7.29. The molecule has 1 N–H and O–H groups in total. The van der Waals surface area contributed by atoms with Gasteiger partial charge in [0.05, 0.1) is 0 Å². The van der Waals surface area contributed by atoms with E-state index in [1.165, 1.54) is 38.8 Å². The topological polar surface area (TPSA) is 12.0 Å². The third kappa shape index (κ3) is 3.13. The summed E-state index contributed by atoms with van der Waals surface area (Å²) in [5.41, 5.74) is 0. The van der Waals surface area contributed by atoms with E-state index in [0.29, 0.717) is 0 Å².